The molecule has 1 aliphatic carbocycles. The van der Waals surface area contributed by atoms with Crippen molar-refractivity contribution < 1.29 is 4.74 Å². The lowest BCUT2D eigenvalue weighted by Gasteiger charge is -2.12. The average molecular weight is 211 g/mol. The minimum Gasteiger partial charge on any atom is -0.371 e. The van der Waals surface area contributed by atoms with Crippen molar-refractivity contribution in [2.75, 3.05) is 6.61 Å². The molecule has 78 valence electrons. The molecule has 1 aromatic heterocycles. The second-order valence-corrected chi connectivity index (χ2v) is 4.63. The minimum absolute atomic E-state index is 0.283. The Morgan fingerprint density at radius 1 is 1.57 bits per heavy atom. The van der Waals surface area contributed by atoms with E-state index in [4.69, 9.17) is 4.74 Å². The van der Waals surface area contributed by atoms with Crippen molar-refractivity contribution in [2.24, 2.45) is 5.92 Å². The van der Waals surface area contributed by atoms with Crippen LogP contribution in [0.4, 0.5) is 0 Å². The highest BCUT2D eigenvalue weighted by Gasteiger charge is 2.34. The predicted molar refractivity (Wildman–Crippen MR) is 58.6 cm³/mol. The van der Waals surface area contributed by atoms with Crippen LogP contribution in [0.5, 0.6) is 0 Å². The molecule has 1 heterocycles. The molecule has 3 heteroatoms. The second kappa shape index (κ2) is 4.41. The molecule has 1 atom stereocenters. The van der Waals surface area contributed by atoms with E-state index in [9.17, 15) is 0 Å². The van der Waals surface area contributed by atoms with Gasteiger partial charge in [-0.2, -0.15) is 0 Å². The zero-order chi connectivity index (χ0) is 9.97. The lowest BCUT2D eigenvalue weighted by Crippen LogP contribution is -2.06. The van der Waals surface area contributed by atoms with Crippen LogP contribution < -0.4 is 0 Å². The summed E-state index contributed by atoms with van der Waals surface area (Å²) in [6, 6.07) is 0. The maximum atomic E-state index is 5.76. The number of ether oxygens (including phenoxy) is 1. The smallest absolute Gasteiger partial charge is 0.122 e. The van der Waals surface area contributed by atoms with Crippen molar-refractivity contribution in [2.45, 2.75) is 39.2 Å². The van der Waals surface area contributed by atoms with Crippen LogP contribution in [0.25, 0.3) is 0 Å². The Morgan fingerprint density at radius 3 is 2.86 bits per heavy atom. The molecule has 0 bridgehead atoms. The third-order valence-electron chi connectivity index (χ3n) is 2.57. The number of nitrogens with zero attached hydrogens (tertiary/aromatic N) is 1. The summed E-state index contributed by atoms with van der Waals surface area (Å²) in [7, 11) is 0. The molecule has 0 saturated heterocycles. The standard InChI is InChI=1S/C11H17NOS/c1-3-9-7-14-11(12-9)10(13-4-2)8-5-6-8/h7-8,10H,3-6H2,1-2H3. The summed E-state index contributed by atoms with van der Waals surface area (Å²) in [6.07, 6.45) is 3.93. The van der Waals surface area contributed by atoms with Crippen LogP contribution >= 0.6 is 11.3 Å². The van der Waals surface area contributed by atoms with Gasteiger partial charge in [0.1, 0.15) is 11.1 Å². The molecule has 0 N–H and O–H groups in total. The van der Waals surface area contributed by atoms with Gasteiger partial charge in [0.15, 0.2) is 0 Å². The lowest BCUT2D eigenvalue weighted by atomic mass is 10.2. The first-order valence-electron chi connectivity index (χ1n) is 5.41. The number of aryl methyl sites for hydroxylation is 1. The predicted octanol–water partition coefficient (Wildman–Crippen LogP) is 3.19. The summed E-state index contributed by atoms with van der Waals surface area (Å²) < 4.78 is 5.76. The molecule has 1 unspecified atom stereocenters. The molecule has 1 saturated carbocycles. The molecular weight excluding hydrogens is 194 g/mol. The molecule has 1 fully saturated rings. The first kappa shape index (κ1) is 10.1. The van der Waals surface area contributed by atoms with Gasteiger partial charge in [-0.05, 0) is 32.1 Å². The number of aromatic nitrogens is 1. The van der Waals surface area contributed by atoms with E-state index < -0.39 is 0 Å². The molecule has 2 nitrogen and oxygen atoms in total. The Balaban J connectivity index is 2.08. The molecule has 14 heavy (non-hydrogen) atoms. The fraction of sp³-hybridized carbons (Fsp3) is 0.727. The van der Waals surface area contributed by atoms with Crippen LogP contribution in [-0.2, 0) is 11.2 Å². The van der Waals surface area contributed by atoms with Crippen molar-refractivity contribution in [1.29, 1.82) is 0 Å². The molecule has 0 amide bonds. The molecule has 2 rings (SSSR count). The molecule has 0 aliphatic heterocycles. The van der Waals surface area contributed by atoms with Crippen LogP contribution in [0.1, 0.15) is 43.5 Å². The number of rotatable bonds is 5. The van der Waals surface area contributed by atoms with Crippen molar-refractivity contribution in [3.05, 3.63) is 16.1 Å². The molecule has 0 spiro atoms. The first-order chi connectivity index (χ1) is 6.85. The largest absolute Gasteiger partial charge is 0.371 e. The molecule has 1 aliphatic rings. The van der Waals surface area contributed by atoms with Crippen LogP contribution in [0, 0.1) is 5.92 Å². The van der Waals surface area contributed by atoms with Gasteiger partial charge in [-0.15, -0.1) is 11.3 Å². The van der Waals surface area contributed by atoms with E-state index in [1.807, 2.05) is 0 Å². The van der Waals surface area contributed by atoms with Crippen LogP contribution in [0.2, 0.25) is 0 Å². The van der Waals surface area contributed by atoms with Crippen LogP contribution in [0.3, 0.4) is 0 Å². The van der Waals surface area contributed by atoms with Gasteiger partial charge in [0.25, 0.3) is 0 Å². The zero-order valence-electron chi connectivity index (χ0n) is 8.82. The van der Waals surface area contributed by atoms with E-state index in [1.165, 1.54) is 23.5 Å². The van der Waals surface area contributed by atoms with E-state index in [2.05, 4.69) is 24.2 Å². The van der Waals surface area contributed by atoms with Crippen molar-refractivity contribution >= 4 is 11.3 Å². The summed E-state index contributed by atoms with van der Waals surface area (Å²) in [5, 5.41) is 3.34. The van der Waals surface area contributed by atoms with E-state index >= 15 is 0 Å². The van der Waals surface area contributed by atoms with Crippen LogP contribution in [0.15, 0.2) is 5.38 Å². The SMILES string of the molecule is CCOC(c1nc(CC)cs1)C1CC1. The zero-order valence-corrected chi connectivity index (χ0v) is 9.64. The van der Waals surface area contributed by atoms with Crippen LogP contribution in [-0.4, -0.2) is 11.6 Å². The molecule has 1 aromatic rings. The van der Waals surface area contributed by atoms with Gasteiger partial charge in [0.2, 0.25) is 0 Å². The van der Waals surface area contributed by atoms with Gasteiger partial charge in [0, 0.05) is 12.0 Å². The topological polar surface area (TPSA) is 22.1 Å². The van der Waals surface area contributed by atoms with E-state index in [0.717, 1.165) is 18.9 Å². The highest BCUT2D eigenvalue weighted by Crippen LogP contribution is 2.44. The summed E-state index contributed by atoms with van der Waals surface area (Å²) >= 11 is 1.75. The fourth-order valence-corrected chi connectivity index (χ4v) is 2.64. The quantitative estimate of drug-likeness (QED) is 0.746. The first-order valence-corrected chi connectivity index (χ1v) is 6.29. The second-order valence-electron chi connectivity index (χ2n) is 3.74. The Bertz CT molecular complexity index is 293. The van der Waals surface area contributed by atoms with Crippen molar-refractivity contribution in [1.82, 2.24) is 4.98 Å². The summed E-state index contributed by atoms with van der Waals surface area (Å²) in [4.78, 5) is 4.60. The van der Waals surface area contributed by atoms with E-state index in [0.29, 0.717) is 0 Å². The molecule has 0 aromatic carbocycles. The van der Waals surface area contributed by atoms with Gasteiger partial charge in [-0.3, -0.25) is 0 Å². The summed E-state index contributed by atoms with van der Waals surface area (Å²) in [5.74, 6) is 0.741. The van der Waals surface area contributed by atoms with E-state index in [1.54, 1.807) is 11.3 Å². The highest BCUT2D eigenvalue weighted by molar-refractivity contribution is 7.09. The van der Waals surface area contributed by atoms with Gasteiger partial charge in [-0.25, -0.2) is 4.98 Å². The molecule has 0 radical (unpaired) electrons. The highest BCUT2D eigenvalue weighted by atomic mass is 32.1. The maximum absolute atomic E-state index is 5.76. The average Bonchev–Trinajstić information content (AvgIpc) is 2.92. The van der Waals surface area contributed by atoms with Gasteiger partial charge < -0.3 is 4.74 Å². The molecular formula is C11H17NOS. The number of hydrogen-bond acceptors (Lipinski definition) is 3. The Hall–Kier alpha value is -0.410. The van der Waals surface area contributed by atoms with Crippen molar-refractivity contribution in [3.8, 4) is 0 Å². The van der Waals surface area contributed by atoms with E-state index in [-0.39, 0.29) is 6.10 Å². The summed E-state index contributed by atoms with van der Waals surface area (Å²) in [6.45, 7) is 5.00. The van der Waals surface area contributed by atoms with Gasteiger partial charge in [-0.1, -0.05) is 6.92 Å². The fourth-order valence-electron chi connectivity index (χ4n) is 1.60. The lowest BCUT2D eigenvalue weighted by molar-refractivity contribution is 0.0461. The summed E-state index contributed by atoms with van der Waals surface area (Å²) in [5.41, 5.74) is 1.20. The Kier molecular flexibility index (Phi) is 3.19. The van der Waals surface area contributed by atoms with Gasteiger partial charge in [0.05, 0.1) is 5.69 Å². The Morgan fingerprint density at radius 2 is 2.36 bits per heavy atom. The van der Waals surface area contributed by atoms with Crippen molar-refractivity contribution in [3.63, 3.8) is 0 Å². The third-order valence-corrected chi connectivity index (χ3v) is 3.53. The third kappa shape index (κ3) is 2.15. The van der Waals surface area contributed by atoms with Gasteiger partial charge >= 0.3 is 0 Å². The Labute approximate surface area is 89.3 Å². The normalized spacial score (nSPS) is 18.4. The number of thiazole rings is 1. The number of hydrogen-bond donors (Lipinski definition) is 0. The minimum atomic E-state index is 0.283. The monoisotopic (exact) mass is 211 g/mol. The maximum Gasteiger partial charge on any atom is 0.122 e.